The number of carbonyl (C=O) groups is 4. The van der Waals surface area contributed by atoms with Gasteiger partial charge in [0, 0.05) is 14.7 Å². The van der Waals surface area contributed by atoms with E-state index in [0.29, 0.717) is 5.56 Å². The Labute approximate surface area is 215 Å². The normalized spacial score (nSPS) is 24.4. The molecule has 6 nitrogen and oxygen atoms in total. The largest absolute Gasteiger partial charge is 0.349 e. The van der Waals surface area contributed by atoms with E-state index in [1.807, 2.05) is 55.5 Å². The Morgan fingerprint density at radius 3 is 2.03 bits per heavy atom. The third kappa shape index (κ3) is 3.11. The summed E-state index contributed by atoms with van der Waals surface area (Å²) in [4.78, 5) is 56.2. The van der Waals surface area contributed by atoms with E-state index < -0.39 is 46.9 Å². The number of fused-ring (bicyclic) bond motifs is 3. The molecule has 3 aromatic rings. The fourth-order valence-electron chi connectivity index (χ4n) is 5.56. The number of likely N-dealkylation sites (tertiary alicyclic amines) is 1. The lowest BCUT2D eigenvalue weighted by Crippen LogP contribution is -2.50. The molecule has 7 heteroatoms. The quantitative estimate of drug-likeness (QED) is 0.264. The number of amides is 2. The molecule has 2 heterocycles. The Bertz CT molecular complexity index is 1380. The summed E-state index contributed by atoms with van der Waals surface area (Å²) in [6, 6.07) is 21.5. The van der Waals surface area contributed by atoms with Crippen molar-refractivity contribution in [3.63, 3.8) is 0 Å². The summed E-state index contributed by atoms with van der Waals surface area (Å²) in [5, 5.41) is 0. The van der Waals surface area contributed by atoms with Gasteiger partial charge >= 0.3 is 0 Å². The molecule has 0 unspecified atom stereocenters. The van der Waals surface area contributed by atoms with Crippen molar-refractivity contribution in [2.45, 2.75) is 25.2 Å². The molecule has 0 bridgehead atoms. The van der Waals surface area contributed by atoms with E-state index in [2.05, 4.69) is 22.6 Å². The van der Waals surface area contributed by atoms with Crippen molar-refractivity contribution >= 4 is 46.0 Å². The molecule has 0 aromatic heterocycles. The Morgan fingerprint density at radius 1 is 0.829 bits per heavy atom. The maximum atomic E-state index is 13.8. The number of ether oxygens (including phenoxy) is 1. The monoisotopic (exact) mass is 577 g/mol. The number of carbonyl (C=O) groups excluding carboxylic acids is 4. The molecule has 3 aromatic carbocycles. The first-order chi connectivity index (χ1) is 16.8. The zero-order chi connectivity index (χ0) is 24.5. The molecule has 2 amide bonds. The minimum Gasteiger partial charge on any atom is -0.349 e. The minimum absolute atomic E-state index is 0.0791. The van der Waals surface area contributed by atoms with E-state index in [9.17, 15) is 19.2 Å². The highest BCUT2D eigenvalue weighted by atomic mass is 127. The fourth-order valence-corrected chi connectivity index (χ4v) is 5.92. The number of nitrogens with zero attached hydrogens (tertiary/aromatic N) is 1. The van der Waals surface area contributed by atoms with Gasteiger partial charge in [-0.15, -0.1) is 0 Å². The molecule has 35 heavy (non-hydrogen) atoms. The van der Waals surface area contributed by atoms with Gasteiger partial charge in [0.1, 0.15) is 0 Å². The van der Waals surface area contributed by atoms with Crippen LogP contribution in [0, 0.1) is 22.3 Å². The minimum atomic E-state index is -2.03. The molecule has 2 fully saturated rings. The average molecular weight is 577 g/mol. The van der Waals surface area contributed by atoms with Crippen LogP contribution in [0.15, 0.2) is 72.8 Å². The van der Waals surface area contributed by atoms with Crippen molar-refractivity contribution in [3.05, 3.63) is 104 Å². The molecule has 174 valence electrons. The van der Waals surface area contributed by atoms with E-state index in [1.165, 1.54) is 4.90 Å². The molecule has 0 radical (unpaired) electrons. The van der Waals surface area contributed by atoms with E-state index in [1.54, 1.807) is 24.3 Å². The van der Waals surface area contributed by atoms with Crippen LogP contribution in [0.5, 0.6) is 0 Å². The van der Waals surface area contributed by atoms with Gasteiger partial charge in [-0.3, -0.25) is 24.1 Å². The van der Waals surface area contributed by atoms with E-state index >= 15 is 0 Å². The maximum Gasteiger partial charge on any atom is 0.237 e. The molecule has 3 atom stereocenters. The number of Topliss-reactive ketones (excluding diaryl/α,β-unsaturated/α-hetero) is 2. The van der Waals surface area contributed by atoms with Crippen molar-refractivity contribution in [2.24, 2.45) is 11.8 Å². The Morgan fingerprint density at radius 2 is 1.43 bits per heavy atom. The summed E-state index contributed by atoms with van der Waals surface area (Å²) in [6.07, 6.45) is -0.890. The van der Waals surface area contributed by atoms with Crippen molar-refractivity contribution in [1.29, 1.82) is 0 Å². The average Bonchev–Trinajstić information content (AvgIpc) is 3.42. The third-order valence-corrected chi connectivity index (χ3v) is 7.99. The number of rotatable bonds is 3. The van der Waals surface area contributed by atoms with Crippen molar-refractivity contribution in [3.8, 4) is 0 Å². The highest BCUT2D eigenvalue weighted by Gasteiger charge is 2.74. The van der Waals surface area contributed by atoms with Gasteiger partial charge in [-0.25, -0.2) is 0 Å². The van der Waals surface area contributed by atoms with Crippen LogP contribution in [0.2, 0.25) is 0 Å². The number of benzene rings is 3. The third-order valence-electron chi connectivity index (χ3n) is 7.27. The van der Waals surface area contributed by atoms with E-state index in [0.717, 1.165) is 14.7 Å². The number of imide groups is 1. The molecular formula is C28H20INO5. The lowest BCUT2D eigenvalue weighted by atomic mass is 9.77. The summed E-state index contributed by atoms with van der Waals surface area (Å²) < 4.78 is 7.29. The number of hydrogen-bond donors (Lipinski definition) is 0. The first kappa shape index (κ1) is 22.3. The summed E-state index contributed by atoms with van der Waals surface area (Å²) >= 11 is 2.18. The lowest BCUT2D eigenvalue weighted by Gasteiger charge is -2.27. The number of hydrogen-bond acceptors (Lipinski definition) is 5. The highest BCUT2D eigenvalue weighted by Crippen LogP contribution is 2.57. The summed E-state index contributed by atoms with van der Waals surface area (Å²) in [7, 11) is 0. The molecular weight excluding hydrogens is 557 g/mol. The topological polar surface area (TPSA) is 80.8 Å². The highest BCUT2D eigenvalue weighted by molar-refractivity contribution is 14.1. The van der Waals surface area contributed by atoms with Crippen LogP contribution >= 0.6 is 22.6 Å². The summed E-state index contributed by atoms with van der Waals surface area (Å²) in [5.41, 5.74) is 0.957. The summed E-state index contributed by atoms with van der Waals surface area (Å²) in [6.45, 7) is 2.04. The molecule has 1 spiro atoms. The van der Waals surface area contributed by atoms with Gasteiger partial charge in [-0.05, 0) is 52.8 Å². The van der Waals surface area contributed by atoms with E-state index in [-0.39, 0.29) is 17.7 Å². The Balaban J connectivity index is 1.48. The fraction of sp³-hybridized carbons (Fsp3) is 0.214. The first-order valence-corrected chi connectivity index (χ1v) is 12.4. The van der Waals surface area contributed by atoms with Gasteiger partial charge < -0.3 is 4.74 Å². The second kappa shape index (κ2) is 7.93. The van der Waals surface area contributed by atoms with Crippen LogP contribution in [-0.2, 0) is 20.9 Å². The molecule has 0 N–H and O–H groups in total. The molecule has 0 saturated carbocycles. The molecule has 1 aliphatic carbocycles. The van der Waals surface area contributed by atoms with Crippen molar-refractivity contribution in [2.75, 3.05) is 0 Å². The zero-order valence-corrected chi connectivity index (χ0v) is 20.9. The van der Waals surface area contributed by atoms with Gasteiger partial charge in [-0.2, -0.15) is 0 Å². The van der Waals surface area contributed by atoms with Gasteiger partial charge in [0.05, 0.1) is 24.5 Å². The van der Waals surface area contributed by atoms with Crippen molar-refractivity contribution < 1.29 is 23.9 Å². The molecule has 2 aliphatic heterocycles. The lowest BCUT2D eigenvalue weighted by molar-refractivity contribution is -0.145. The molecule has 2 saturated heterocycles. The van der Waals surface area contributed by atoms with Crippen LogP contribution < -0.4 is 0 Å². The predicted octanol–water partition coefficient (Wildman–Crippen LogP) is 4.29. The summed E-state index contributed by atoms with van der Waals surface area (Å²) in [5.74, 6) is -4.22. The second-order valence-electron chi connectivity index (χ2n) is 9.28. The van der Waals surface area contributed by atoms with E-state index in [4.69, 9.17) is 4.74 Å². The SMILES string of the molecule is Cc1ccc(CN2C(=O)[C@@H]3[C@H](c4ccc(I)cc4)OC4(C(=O)c5ccccc5C4=O)[C@H]3C2=O)cc1. The smallest absolute Gasteiger partial charge is 0.237 e. The molecule has 6 rings (SSSR count). The van der Waals surface area contributed by atoms with Crippen LogP contribution in [0.4, 0.5) is 0 Å². The van der Waals surface area contributed by atoms with Crippen LogP contribution in [0.3, 0.4) is 0 Å². The maximum absolute atomic E-state index is 13.8. The van der Waals surface area contributed by atoms with Crippen LogP contribution in [0.25, 0.3) is 0 Å². The number of ketones is 2. The van der Waals surface area contributed by atoms with Crippen molar-refractivity contribution in [1.82, 2.24) is 4.90 Å². The number of aryl methyl sites for hydroxylation is 1. The van der Waals surface area contributed by atoms with Gasteiger partial charge in [-0.1, -0.05) is 66.2 Å². The Kier molecular flexibility index (Phi) is 5.05. The first-order valence-electron chi connectivity index (χ1n) is 11.4. The van der Waals surface area contributed by atoms with Crippen LogP contribution in [0.1, 0.15) is 43.5 Å². The zero-order valence-electron chi connectivity index (χ0n) is 18.7. The second-order valence-corrected chi connectivity index (χ2v) is 10.5. The molecule has 3 aliphatic rings. The Hall–Kier alpha value is -3.17. The number of halogens is 1. The van der Waals surface area contributed by atoms with Gasteiger partial charge in [0.2, 0.25) is 29.0 Å². The van der Waals surface area contributed by atoms with Crippen LogP contribution in [-0.4, -0.2) is 33.9 Å². The standard InChI is InChI=1S/C28H20INO5/c1-15-6-8-16(9-7-15)14-30-26(33)21-22(27(30)34)28(35-23(21)17-10-12-18(29)13-11-17)24(31)19-4-2-3-5-20(19)25(28)32/h2-13,21-23H,14H2,1H3/t21-,22+,23-/m0/s1. The predicted molar refractivity (Wildman–Crippen MR) is 135 cm³/mol. The van der Waals surface area contributed by atoms with Gasteiger partial charge in [0.25, 0.3) is 0 Å². The van der Waals surface area contributed by atoms with Gasteiger partial charge in [0.15, 0.2) is 0 Å².